The Morgan fingerprint density at radius 2 is 2.14 bits per heavy atom. The van der Waals surface area contributed by atoms with Crippen molar-refractivity contribution in [1.82, 2.24) is 20.2 Å². The van der Waals surface area contributed by atoms with E-state index in [2.05, 4.69) is 26.2 Å². The van der Waals surface area contributed by atoms with Gasteiger partial charge in [0, 0.05) is 23.1 Å². The summed E-state index contributed by atoms with van der Waals surface area (Å²) in [4.78, 5) is 22.5. The molecule has 0 bridgehead atoms. The van der Waals surface area contributed by atoms with E-state index in [1.807, 2.05) is 41.3 Å². The number of aryl methyl sites for hydroxylation is 1. The van der Waals surface area contributed by atoms with Crippen LogP contribution in [0.3, 0.4) is 0 Å². The molecular weight excluding hydrogens is 386 g/mol. The number of para-hydroxylation sites is 1. The van der Waals surface area contributed by atoms with Crippen LogP contribution in [-0.2, 0) is 11.2 Å². The van der Waals surface area contributed by atoms with Crippen LogP contribution in [0.2, 0.25) is 0 Å². The highest BCUT2D eigenvalue weighted by atomic mass is 32.2. The Morgan fingerprint density at radius 3 is 3.03 bits per heavy atom. The molecule has 0 saturated heterocycles. The first kappa shape index (κ1) is 17.9. The van der Waals surface area contributed by atoms with Crippen molar-refractivity contribution in [2.75, 3.05) is 24.3 Å². The van der Waals surface area contributed by atoms with E-state index in [0.29, 0.717) is 16.3 Å². The second kappa shape index (κ2) is 7.36. The quantitative estimate of drug-likeness (QED) is 0.523. The largest absolute Gasteiger partial charge is 0.497 e. The van der Waals surface area contributed by atoms with Gasteiger partial charge in [0.2, 0.25) is 11.1 Å². The van der Waals surface area contributed by atoms with Crippen LogP contribution < -0.4 is 9.64 Å². The predicted octanol–water partition coefficient (Wildman–Crippen LogP) is 3.59. The van der Waals surface area contributed by atoms with Gasteiger partial charge >= 0.3 is 0 Å². The second-order valence-corrected chi connectivity index (χ2v) is 7.84. The Hall–Kier alpha value is -3.13. The lowest BCUT2D eigenvalue weighted by atomic mass is 10.0. The number of H-pyrrole nitrogens is 1. The van der Waals surface area contributed by atoms with Gasteiger partial charge in [-0.05, 0) is 42.7 Å². The fourth-order valence-electron chi connectivity index (χ4n) is 3.72. The summed E-state index contributed by atoms with van der Waals surface area (Å²) in [5.41, 5.74) is 4.51. The van der Waals surface area contributed by atoms with Crippen LogP contribution in [0.4, 0.5) is 5.69 Å². The van der Waals surface area contributed by atoms with Crippen LogP contribution in [0, 0.1) is 0 Å². The van der Waals surface area contributed by atoms with E-state index in [4.69, 9.17) is 4.74 Å². The van der Waals surface area contributed by atoms with Crippen molar-refractivity contribution in [2.45, 2.75) is 18.0 Å². The SMILES string of the molecule is COc1ccc2[nH]c3nc(SCC(=O)N4CCCc5ccccc54)nnc3c2c1. The lowest BCUT2D eigenvalue weighted by molar-refractivity contribution is -0.116. The number of fused-ring (bicyclic) bond motifs is 4. The third-order valence-electron chi connectivity index (χ3n) is 5.14. The predicted molar refractivity (Wildman–Crippen MR) is 114 cm³/mol. The molecule has 0 aliphatic carbocycles. The number of hydrogen-bond donors (Lipinski definition) is 1. The number of nitrogens with zero attached hydrogens (tertiary/aromatic N) is 4. The van der Waals surface area contributed by atoms with Gasteiger partial charge in [-0.1, -0.05) is 30.0 Å². The third-order valence-corrected chi connectivity index (χ3v) is 5.96. The molecule has 29 heavy (non-hydrogen) atoms. The van der Waals surface area contributed by atoms with Gasteiger partial charge in [-0.2, -0.15) is 0 Å². The molecule has 0 unspecified atom stereocenters. The van der Waals surface area contributed by atoms with E-state index < -0.39 is 0 Å². The number of rotatable bonds is 4. The maximum absolute atomic E-state index is 12.8. The number of nitrogens with one attached hydrogen (secondary N) is 1. The smallest absolute Gasteiger partial charge is 0.237 e. The Labute approximate surface area is 171 Å². The molecule has 1 N–H and O–H groups in total. The van der Waals surface area contributed by atoms with E-state index in [9.17, 15) is 4.79 Å². The molecule has 0 fully saturated rings. The van der Waals surface area contributed by atoms with Crippen molar-refractivity contribution in [3.63, 3.8) is 0 Å². The number of amides is 1. The van der Waals surface area contributed by atoms with Gasteiger partial charge in [0.15, 0.2) is 5.65 Å². The van der Waals surface area contributed by atoms with Gasteiger partial charge in [-0.15, -0.1) is 10.2 Å². The molecule has 8 heteroatoms. The highest BCUT2D eigenvalue weighted by Crippen LogP contribution is 2.29. The molecule has 1 amide bonds. The van der Waals surface area contributed by atoms with Crippen molar-refractivity contribution < 1.29 is 9.53 Å². The van der Waals surface area contributed by atoms with E-state index in [-0.39, 0.29) is 11.7 Å². The molecule has 2 aromatic heterocycles. The summed E-state index contributed by atoms with van der Waals surface area (Å²) < 4.78 is 5.28. The summed E-state index contributed by atoms with van der Waals surface area (Å²) in [6, 6.07) is 13.8. The summed E-state index contributed by atoms with van der Waals surface area (Å²) in [5.74, 6) is 1.09. The topological polar surface area (TPSA) is 84.0 Å². The Balaban J connectivity index is 1.36. The molecule has 1 aliphatic rings. The number of aromatic nitrogens is 4. The highest BCUT2D eigenvalue weighted by molar-refractivity contribution is 7.99. The molecule has 1 aliphatic heterocycles. The Bertz CT molecular complexity index is 1220. The van der Waals surface area contributed by atoms with Crippen LogP contribution in [-0.4, -0.2) is 45.5 Å². The first-order valence-corrected chi connectivity index (χ1v) is 10.4. The first-order valence-electron chi connectivity index (χ1n) is 9.44. The van der Waals surface area contributed by atoms with Crippen LogP contribution in [0.5, 0.6) is 5.75 Å². The Morgan fingerprint density at radius 1 is 1.24 bits per heavy atom. The molecule has 5 rings (SSSR count). The summed E-state index contributed by atoms with van der Waals surface area (Å²) in [6.07, 6.45) is 2.00. The molecule has 4 aromatic rings. The monoisotopic (exact) mass is 405 g/mol. The van der Waals surface area contributed by atoms with E-state index in [1.54, 1.807) is 7.11 Å². The third kappa shape index (κ3) is 3.29. The summed E-state index contributed by atoms with van der Waals surface area (Å²) in [7, 11) is 1.63. The lowest BCUT2D eigenvalue weighted by Crippen LogP contribution is -2.36. The second-order valence-electron chi connectivity index (χ2n) is 6.89. The van der Waals surface area contributed by atoms with Crippen molar-refractivity contribution in [1.29, 1.82) is 0 Å². The maximum Gasteiger partial charge on any atom is 0.237 e. The average molecular weight is 405 g/mol. The molecule has 3 heterocycles. The van der Waals surface area contributed by atoms with Crippen LogP contribution in [0.15, 0.2) is 47.6 Å². The number of anilines is 1. The molecule has 0 atom stereocenters. The zero-order valence-corrected chi connectivity index (χ0v) is 16.7. The molecule has 2 aromatic carbocycles. The number of hydrogen-bond acceptors (Lipinski definition) is 6. The highest BCUT2D eigenvalue weighted by Gasteiger charge is 2.22. The molecule has 0 radical (unpaired) electrons. The number of carbonyl (C=O) groups is 1. The summed E-state index contributed by atoms with van der Waals surface area (Å²) in [6.45, 7) is 0.748. The minimum atomic E-state index is 0.0623. The number of methoxy groups -OCH3 is 1. The molecule has 0 spiro atoms. The molecular formula is C21H19N5O2S. The van der Waals surface area contributed by atoms with Crippen molar-refractivity contribution >= 4 is 45.4 Å². The molecule has 146 valence electrons. The van der Waals surface area contributed by atoms with Crippen molar-refractivity contribution in [2.24, 2.45) is 0 Å². The molecule has 0 saturated carbocycles. The number of aromatic amines is 1. The minimum Gasteiger partial charge on any atom is -0.497 e. The van der Waals surface area contributed by atoms with E-state index in [1.165, 1.54) is 17.3 Å². The van der Waals surface area contributed by atoms with E-state index >= 15 is 0 Å². The lowest BCUT2D eigenvalue weighted by Gasteiger charge is -2.29. The van der Waals surface area contributed by atoms with Crippen molar-refractivity contribution in [3.05, 3.63) is 48.0 Å². The zero-order chi connectivity index (χ0) is 19.8. The normalized spacial score (nSPS) is 13.6. The fourth-order valence-corrected chi connectivity index (χ4v) is 4.38. The van der Waals surface area contributed by atoms with Gasteiger partial charge in [0.1, 0.15) is 11.3 Å². The van der Waals surface area contributed by atoms with Crippen LogP contribution in [0.1, 0.15) is 12.0 Å². The molecule has 7 nitrogen and oxygen atoms in total. The van der Waals surface area contributed by atoms with E-state index in [0.717, 1.165) is 41.7 Å². The fraction of sp³-hybridized carbons (Fsp3) is 0.238. The standard InChI is InChI=1S/C21H19N5O2S/c1-28-14-8-9-16-15(11-14)19-20(22-16)23-21(25-24-19)29-12-18(27)26-10-4-6-13-5-2-3-7-17(13)26/h2-3,5,7-9,11H,4,6,10,12H2,1H3,(H,22,23,25). The zero-order valence-electron chi connectivity index (χ0n) is 15.9. The van der Waals surface area contributed by atoms with Gasteiger partial charge in [0.25, 0.3) is 0 Å². The number of benzene rings is 2. The van der Waals surface area contributed by atoms with Crippen LogP contribution in [0.25, 0.3) is 22.1 Å². The van der Waals surface area contributed by atoms with Gasteiger partial charge in [-0.3, -0.25) is 4.79 Å². The summed E-state index contributed by atoms with van der Waals surface area (Å²) in [5, 5.41) is 9.94. The maximum atomic E-state index is 12.8. The number of carbonyl (C=O) groups excluding carboxylic acids is 1. The summed E-state index contributed by atoms with van der Waals surface area (Å²) >= 11 is 1.31. The number of thioether (sulfide) groups is 1. The van der Waals surface area contributed by atoms with Gasteiger partial charge in [-0.25, -0.2) is 4.98 Å². The number of ether oxygens (including phenoxy) is 1. The van der Waals surface area contributed by atoms with Gasteiger partial charge in [0.05, 0.1) is 12.9 Å². The van der Waals surface area contributed by atoms with Gasteiger partial charge < -0.3 is 14.6 Å². The van der Waals surface area contributed by atoms with Crippen molar-refractivity contribution in [3.8, 4) is 5.75 Å². The average Bonchev–Trinajstić information content (AvgIpc) is 3.14. The van der Waals surface area contributed by atoms with Crippen LogP contribution >= 0.6 is 11.8 Å². The minimum absolute atomic E-state index is 0.0623. The Kier molecular flexibility index (Phi) is 4.55. The first-order chi connectivity index (χ1) is 14.2.